The molecular formula is C21H30INO2. The molecule has 0 aromatic heterocycles. The van der Waals surface area contributed by atoms with Crippen molar-refractivity contribution in [3.8, 4) is 5.75 Å². The third-order valence-corrected chi connectivity index (χ3v) is 6.55. The van der Waals surface area contributed by atoms with E-state index in [2.05, 4.69) is 60.4 Å². The van der Waals surface area contributed by atoms with Gasteiger partial charge < -0.3 is 9.64 Å². The minimum Gasteiger partial charge on any atom is -0.497 e. The minimum atomic E-state index is 0.250. The number of hydrogen-bond acceptors (Lipinski definition) is 3. The first-order valence-corrected chi connectivity index (χ1v) is 10.4. The van der Waals surface area contributed by atoms with Gasteiger partial charge in [-0.3, -0.25) is 4.79 Å². The van der Waals surface area contributed by atoms with Gasteiger partial charge in [-0.1, -0.05) is 44.7 Å². The molecule has 1 aromatic carbocycles. The molecule has 0 radical (unpaired) electrons. The molecule has 3 nitrogen and oxygen atoms in total. The fourth-order valence-corrected chi connectivity index (χ4v) is 4.19. The maximum Gasteiger partial charge on any atom is 0.172 e. The van der Waals surface area contributed by atoms with Gasteiger partial charge in [0, 0.05) is 18.2 Å². The Morgan fingerprint density at radius 3 is 2.52 bits per heavy atom. The molecule has 0 N–H and O–H groups in total. The summed E-state index contributed by atoms with van der Waals surface area (Å²) in [7, 11) is 1.69. The van der Waals surface area contributed by atoms with Crippen LogP contribution in [0.2, 0.25) is 0 Å². The Labute approximate surface area is 166 Å². The molecule has 2 atom stereocenters. The van der Waals surface area contributed by atoms with Gasteiger partial charge in [-0.15, -0.1) is 0 Å². The van der Waals surface area contributed by atoms with Crippen LogP contribution in [0.15, 0.2) is 33.5 Å². The van der Waals surface area contributed by atoms with Crippen molar-refractivity contribution in [3.05, 3.63) is 39.1 Å². The summed E-state index contributed by atoms with van der Waals surface area (Å²) in [5.41, 5.74) is 2.39. The van der Waals surface area contributed by atoms with E-state index in [0.29, 0.717) is 18.2 Å². The molecule has 0 aliphatic carbocycles. The summed E-state index contributed by atoms with van der Waals surface area (Å²) in [6, 6.07) is 8.85. The van der Waals surface area contributed by atoms with Crippen molar-refractivity contribution < 1.29 is 9.53 Å². The quantitative estimate of drug-likeness (QED) is 0.354. The fourth-order valence-electron chi connectivity index (χ4n) is 3.69. The van der Waals surface area contributed by atoms with E-state index in [1.54, 1.807) is 7.11 Å². The van der Waals surface area contributed by atoms with Gasteiger partial charge in [0.25, 0.3) is 0 Å². The van der Waals surface area contributed by atoms with Gasteiger partial charge in [0.15, 0.2) is 5.78 Å². The maximum absolute atomic E-state index is 12.4. The fraction of sp³-hybridized carbons (Fsp3) is 0.571. The van der Waals surface area contributed by atoms with Crippen LogP contribution >= 0.6 is 22.6 Å². The van der Waals surface area contributed by atoms with Gasteiger partial charge in [0.05, 0.1) is 16.7 Å². The molecule has 1 aliphatic rings. The zero-order valence-electron chi connectivity index (χ0n) is 15.8. The first kappa shape index (κ1) is 20.3. The highest BCUT2D eigenvalue weighted by Crippen LogP contribution is 2.37. The van der Waals surface area contributed by atoms with Crippen LogP contribution in [0.4, 0.5) is 0 Å². The number of ether oxygens (including phenoxy) is 1. The lowest BCUT2D eigenvalue weighted by atomic mass is 9.93. The zero-order chi connectivity index (χ0) is 18.4. The van der Waals surface area contributed by atoms with Gasteiger partial charge >= 0.3 is 0 Å². The van der Waals surface area contributed by atoms with Crippen molar-refractivity contribution in [2.75, 3.05) is 7.11 Å². The molecule has 1 heterocycles. The summed E-state index contributed by atoms with van der Waals surface area (Å²) < 4.78 is 6.17. The van der Waals surface area contributed by atoms with Crippen LogP contribution in [0.5, 0.6) is 5.75 Å². The minimum absolute atomic E-state index is 0.250. The van der Waals surface area contributed by atoms with Crippen molar-refractivity contribution in [3.63, 3.8) is 0 Å². The lowest BCUT2D eigenvalue weighted by Crippen LogP contribution is -2.41. The number of Topliss-reactive ketones (excluding diaryl/α,β-unsaturated/α-hetero) is 1. The second kappa shape index (κ2) is 9.60. The number of carbonyl (C=O) groups excluding carboxylic acids is 1. The highest BCUT2D eigenvalue weighted by molar-refractivity contribution is 14.1. The van der Waals surface area contributed by atoms with E-state index < -0.39 is 0 Å². The Kier molecular flexibility index (Phi) is 7.79. The number of rotatable bonds is 8. The molecule has 1 aliphatic heterocycles. The number of nitrogens with zero attached hydrogens (tertiary/aromatic N) is 1. The predicted octanol–water partition coefficient (Wildman–Crippen LogP) is 6.04. The second-order valence-electron chi connectivity index (χ2n) is 6.89. The number of unbranched alkanes of at least 4 members (excludes halogenated alkanes) is 3. The van der Waals surface area contributed by atoms with Crippen molar-refractivity contribution in [1.82, 2.24) is 4.90 Å². The number of allylic oxidation sites excluding steroid dienone is 2. The van der Waals surface area contributed by atoms with Crippen LogP contribution in [0.25, 0.3) is 0 Å². The van der Waals surface area contributed by atoms with Crippen LogP contribution in [-0.4, -0.2) is 23.8 Å². The molecule has 2 rings (SSSR count). The number of carbonyl (C=O) groups is 1. The average Bonchev–Trinajstić information content (AvgIpc) is 2.63. The molecule has 0 fully saturated rings. The van der Waals surface area contributed by atoms with Crippen molar-refractivity contribution >= 4 is 28.4 Å². The van der Waals surface area contributed by atoms with Gasteiger partial charge in [0.2, 0.25) is 0 Å². The van der Waals surface area contributed by atoms with Gasteiger partial charge in [0.1, 0.15) is 5.75 Å². The van der Waals surface area contributed by atoms with Crippen molar-refractivity contribution in [1.29, 1.82) is 0 Å². The molecule has 0 amide bonds. The summed E-state index contributed by atoms with van der Waals surface area (Å²) in [5, 5.41) is 0. The Hall–Kier alpha value is -1.04. The lowest BCUT2D eigenvalue weighted by Gasteiger charge is -2.42. The highest BCUT2D eigenvalue weighted by atomic mass is 127. The van der Waals surface area contributed by atoms with E-state index >= 15 is 0 Å². The average molecular weight is 455 g/mol. The van der Waals surface area contributed by atoms with Gasteiger partial charge in [-0.2, -0.15) is 0 Å². The molecule has 4 heteroatoms. The lowest BCUT2D eigenvalue weighted by molar-refractivity contribution is -0.117. The van der Waals surface area contributed by atoms with Crippen LogP contribution in [0.3, 0.4) is 0 Å². The van der Waals surface area contributed by atoms with E-state index in [4.69, 9.17) is 4.74 Å². The third kappa shape index (κ3) is 4.99. The molecule has 1 aromatic rings. The molecule has 0 unspecified atom stereocenters. The molecule has 138 valence electrons. The van der Waals surface area contributed by atoms with E-state index in [-0.39, 0.29) is 6.04 Å². The van der Waals surface area contributed by atoms with Gasteiger partial charge in [-0.05, 0) is 60.6 Å². The maximum atomic E-state index is 12.4. The summed E-state index contributed by atoms with van der Waals surface area (Å²) >= 11 is 2.22. The Morgan fingerprint density at radius 1 is 1.24 bits per heavy atom. The van der Waals surface area contributed by atoms with E-state index in [0.717, 1.165) is 21.4 Å². The topological polar surface area (TPSA) is 29.5 Å². The number of halogens is 1. The summed E-state index contributed by atoms with van der Waals surface area (Å²) in [6.45, 7) is 6.57. The van der Waals surface area contributed by atoms with Crippen LogP contribution in [0.1, 0.15) is 70.9 Å². The van der Waals surface area contributed by atoms with Crippen molar-refractivity contribution in [2.45, 2.75) is 71.4 Å². The van der Waals surface area contributed by atoms with Crippen molar-refractivity contribution in [2.24, 2.45) is 0 Å². The molecule has 0 saturated heterocycles. The first-order chi connectivity index (χ1) is 12.0. The summed E-state index contributed by atoms with van der Waals surface area (Å²) in [4.78, 5) is 14.9. The predicted molar refractivity (Wildman–Crippen MR) is 112 cm³/mol. The Morgan fingerprint density at radius 2 is 1.92 bits per heavy atom. The summed E-state index contributed by atoms with van der Waals surface area (Å²) in [6.07, 6.45) is 6.70. The normalized spacial score (nSPS) is 19.3. The van der Waals surface area contributed by atoms with Crippen LogP contribution in [0, 0.1) is 0 Å². The number of ketones is 1. The third-order valence-electron chi connectivity index (χ3n) is 5.17. The van der Waals surface area contributed by atoms with Crippen LogP contribution < -0.4 is 4.74 Å². The molecule has 0 spiro atoms. The van der Waals surface area contributed by atoms with E-state index in [9.17, 15) is 4.79 Å². The van der Waals surface area contributed by atoms with Crippen LogP contribution in [-0.2, 0) is 4.79 Å². The number of methoxy groups -OCH3 is 1. The first-order valence-electron chi connectivity index (χ1n) is 9.31. The SMILES string of the molecule is CCCCCC[C@@H]1CC(=O)C(I)=C(C)N1[C@H](C)c1ccc(OC)cc1. The monoisotopic (exact) mass is 455 g/mol. The number of hydrogen-bond donors (Lipinski definition) is 0. The summed E-state index contributed by atoms with van der Waals surface area (Å²) in [5.74, 6) is 1.18. The second-order valence-corrected chi connectivity index (χ2v) is 7.97. The smallest absolute Gasteiger partial charge is 0.172 e. The Bertz CT molecular complexity index is 609. The van der Waals surface area contributed by atoms with Gasteiger partial charge in [-0.25, -0.2) is 0 Å². The molecule has 0 bridgehead atoms. The molecular weight excluding hydrogens is 425 g/mol. The highest BCUT2D eigenvalue weighted by Gasteiger charge is 2.33. The Balaban J connectivity index is 2.21. The largest absolute Gasteiger partial charge is 0.497 e. The van der Waals surface area contributed by atoms with E-state index in [1.165, 1.54) is 31.2 Å². The van der Waals surface area contributed by atoms with E-state index in [1.807, 2.05) is 12.1 Å². The number of benzene rings is 1. The molecule has 25 heavy (non-hydrogen) atoms. The molecule has 0 saturated carbocycles. The zero-order valence-corrected chi connectivity index (χ0v) is 18.0. The standard InChI is InChI=1S/C21H30INO2/c1-5-6-7-8-9-18-14-20(24)21(22)16(3)23(18)15(2)17-10-12-19(25-4)13-11-17/h10-13,15,18H,5-9,14H2,1-4H3/t15-,18-/m1/s1.